The molecule has 124 valence electrons. The lowest BCUT2D eigenvalue weighted by molar-refractivity contribution is -0.142. The second kappa shape index (κ2) is 6.74. The first-order valence-electron chi connectivity index (χ1n) is 7.80. The van der Waals surface area contributed by atoms with E-state index in [-0.39, 0.29) is 12.3 Å². The fraction of sp³-hybridized carbons (Fsp3) is 0.263. The number of likely N-dealkylation sites (tertiary alicyclic amines) is 1. The fourth-order valence-corrected chi connectivity index (χ4v) is 3.22. The molecule has 0 saturated carbocycles. The van der Waals surface area contributed by atoms with Crippen LogP contribution in [0.15, 0.2) is 54.6 Å². The van der Waals surface area contributed by atoms with Crippen LogP contribution < -0.4 is 4.74 Å². The van der Waals surface area contributed by atoms with Crippen LogP contribution in [0.3, 0.4) is 0 Å². The number of methoxy groups -OCH3 is 1. The van der Waals surface area contributed by atoms with E-state index in [0.29, 0.717) is 12.3 Å². The zero-order valence-electron chi connectivity index (χ0n) is 13.4. The normalized spacial score (nSPS) is 20.2. The first-order chi connectivity index (χ1) is 11.6. The summed E-state index contributed by atoms with van der Waals surface area (Å²) >= 11 is 0. The van der Waals surface area contributed by atoms with Gasteiger partial charge >= 0.3 is 5.97 Å². The maximum absolute atomic E-state index is 12.5. The molecule has 3 rings (SSSR count). The number of carbonyl (C=O) groups excluding carboxylic acids is 1. The number of nitrogens with zero attached hydrogens (tertiary/aromatic N) is 1. The first-order valence-corrected chi connectivity index (χ1v) is 7.80. The van der Waals surface area contributed by atoms with Gasteiger partial charge in [0.15, 0.2) is 0 Å². The minimum Gasteiger partial charge on any atom is -0.497 e. The van der Waals surface area contributed by atoms with Crippen molar-refractivity contribution < 1.29 is 19.4 Å². The monoisotopic (exact) mass is 325 g/mol. The van der Waals surface area contributed by atoms with Crippen LogP contribution in [0.4, 0.5) is 0 Å². The van der Waals surface area contributed by atoms with Crippen molar-refractivity contribution in [3.05, 3.63) is 65.7 Å². The second-order valence-corrected chi connectivity index (χ2v) is 5.88. The van der Waals surface area contributed by atoms with E-state index in [2.05, 4.69) is 0 Å². The third-order valence-electron chi connectivity index (χ3n) is 4.38. The standard InChI is InChI=1S/C19H19NO4/c1-24-15-9-5-8-14(10-15)18-16(19(22)23)11-17(21)20(18)12-13-6-3-2-4-7-13/h2-10,16,18H,11-12H2,1H3,(H,22,23)/t16-,18+/m1/s1. The Bertz CT molecular complexity index is 744. The summed E-state index contributed by atoms with van der Waals surface area (Å²) in [6.07, 6.45) is 0.0179. The van der Waals surface area contributed by atoms with Crippen LogP contribution in [0.5, 0.6) is 5.75 Å². The summed E-state index contributed by atoms with van der Waals surface area (Å²) in [4.78, 5) is 25.8. The highest BCUT2D eigenvalue weighted by atomic mass is 16.5. The molecule has 24 heavy (non-hydrogen) atoms. The van der Waals surface area contributed by atoms with E-state index in [1.54, 1.807) is 24.1 Å². The lowest BCUT2D eigenvalue weighted by Gasteiger charge is -2.27. The molecule has 1 fully saturated rings. The predicted molar refractivity (Wildman–Crippen MR) is 88.5 cm³/mol. The van der Waals surface area contributed by atoms with Crippen molar-refractivity contribution in [2.75, 3.05) is 7.11 Å². The molecule has 0 spiro atoms. The van der Waals surface area contributed by atoms with Crippen LogP contribution >= 0.6 is 0 Å². The molecule has 1 saturated heterocycles. The molecular weight excluding hydrogens is 306 g/mol. The number of hydrogen-bond donors (Lipinski definition) is 1. The summed E-state index contributed by atoms with van der Waals surface area (Å²) in [6.45, 7) is 0.394. The van der Waals surface area contributed by atoms with Crippen molar-refractivity contribution in [1.82, 2.24) is 4.90 Å². The van der Waals surface area contributed by atoms with Crippen LogP contribution in [0.1, 0.15) is 23.6 Å². The number of aliphatic carboxylic acids is 1. The summed E-state index contributed by atoms with van der Waals surface area (Å²) in [5.41, 5.74) is 1.76. The molecule has 1 aliphatic heterocycles. The van der Waals surface area contributed by atoms with Gasteiger partial charge in [-0.1, -0.05) is 42.5 Å². The summed E-state index contributed by atoms with van der Waals surface area (Å²) < 4.78 is 5.24. The number of ether oxygens (including phenoxy) is 1. The third kappa shape index (κ3) is 3.11. The Kier molecular flexibility index (Phi) is 4.51. The minimum absolute atomic E-state index is 0.0179. The summed E-state index contributed by atoms with van der Waals surface area (Å²) in [5, 5.41) is 9.56. The van der Waals surface area contributed by atoms with Gasteiger partial charge in [-0.25, -0.2) is 0 Å². The number of carboxylic acids is 1. The molecule has 0 aliphatic carbocycles. The number of benzene rings is 2. The van der Waals surface area contributed by atoms with Crippen molar-refractivity contribution >= 4 is 11.9 Å². The second-order valence-electron chi connectivity index (χ2n) is 5.88. The van der Waals surface area contributed by atoms with E-state index in [9.17, 15) is 14.7 Å². The third-order valence-corrected chi connectivity index (χ3v) is 4.38. The van der Waals surface area contributed by atoms with Crippen molar-refractivity contribution in [2.24, 2.45) is 5.92 Å². The largest absolute Gasteiger partial charge is 0.497 e. The minimum atomic E-state index is -0.952. The number of carbonyl (C=O) groups is 2. The fourth-order valence-electron chi connectivity index (χ4n) is 3.22. The van der Waals surface area contributed by atoms with Gasteiger partial charge in [-0.3, -0.25) is 9.59 Å². The Morgan fingerprint density at radius 3 is 2.62 bits per heavy atom. The number of carboxylic acid groups (broad SMARTS) is 1. The van der Waals surface area contributed by atoms with Crippen LogP contribution in [-0.2, 0) is 16.1 Å². The van der Waals surface area contributed by atoms with E-state index < -0.39 is 17.9 Å². The highest BCUT2D eigenvalue weighted by molar-refractivity contribution is 5.87. The van der Waals surface area contributed by atoms with E-state index in [1.807, 2.05) is 42.5 Å². The molecular formula is C19H19NO4. The van der Waals surface area contributed by atoms with Gasteiger partial charge in [0.1, 0.15) is 5.75 Å². The SMILES string of the molecule is COc1cccc([C@H]2[C@H](C(=O)O)CC(=O)N2Cc2ccccc2)c1. The van der Waals surface area contributed by atoms with Gasteiger partial charge in [-0.15, -0.1) is 0 Å². The molecule has 1 aliphatic rings. The molecule has 2 aromatic carbocycles. The zero-order chi connectivity index (χ0) is 17.1. The summed E-state index contributed by atoms with van der Waals surface area (Å²) in [5.74, 6) is -1.20. The van der Waals surface area contributed by atoms with Gasteiger partial charge in [0.05, 0.1) is 19.1 Å². The van der Waals surface area contributed by atoms with Gasteiger partial charge < -0.3 is 14.7 Å². The smallest absolute Gasteiger partial charge is 0.309 e. The zero-order valence-corrected chi connectivity index (χ0v) is 13.4. The highest BCUT2D eigenvalue weighted by Gasteiger charge is 2.44. The van der Waals surface area contributed by atoms with E-state index >= 15 is 0 Å². The molecule has 0 bridgehead atoms. The molecule has 2 atom stereocenters. The van der Waals surface area contributed by atoms with Crippen molar-refractivity contribution in [3.8, 4) is 5.75 Å². The van der Waals surface area contributed by atoms with E-state index in [1.165, 1.54) is 0 Å². The van der Waals surface area contributed by atoms with Crippen molar-refractivity contribution in [2.45, 2.75) is 19.0 Å². The van der Waals surface area contributed by atoms with Crippen molar-refractivity contribution in [1.29, 1.82) is 0 Å². The highest BCUT2D eigenvalue weighted by Crippen LogP contribution is 2.40. The van der Waals surface area contributed by atoms with Crippen LogP contribution in [-0.4, -0.2) is 29.0 Å². The van der Waals surface area contributed by atoms with E-state index in [4.69, 9.17) is 4.74 Å². The molecule has 1 amide bonds. The molecule has 5 heteroatoms. The number of hydrogen-bond acceptors (Lipinski definition) is 3. The molecule has 0 unspecified atom stereocenters. The Morgan fingerprint density at radius 2 is 1.96 bits per heavy atom. The lowest BCUT2D eigenvalue weighted by atomic mass is 9.93. The number of rotatable bonds is 5. The summed E-state index contributed by atoms with van der Waals surface area (Å²) in [7, 11) is 1.56. The molecule has 5 nitrogen and oxygen atoms in total. The van der Waals surface area contributed by atoms with Crippen LogP contribution in [0.25, 0.3) is 0 Å². The topological polar surface area (TPSA) is 66.8 Å². The Morgan fingerprint density at radius 1 is 1.21 bits per heavy atom. The summed E-state index contributed by atoms with van der Waals surface area (Å²) in [6, 6.07) is 16.4. The number of amides is 1. The first kappa shape index (κ1) is 16.1. The molecule has 0 radical (unpaired) electrons. The molecule has 0 aromatic heterocycles. The molecule has 1 N–H and O–H groups in total. The maximum Gasteiger partial charge on any atom is 0.309 e. The van der Waals surface area contributed by atoms with Crippen LogP contribution in [0, 0.1) is 5.92 Å². The van der Waals surface area contributed by atoms with Gasteiger partial charge in [-0.05, 0) is 23.3 Å². The predicted octanol–water partition coefficient (Wildman–Crippen LogP) is 2.87. The average Bonchev–Trinajstić information content (AvgIpc) is 2.93. The Balaban J connectivity index is 1.98. The maximum atomic E-state index is 12.5. The Hall–Kier alpha value is -2.82. The quantitative estimate of drug-likeness (QED) is 0.918. The van der Waals surface area contributed by atoms with Crippen molar-refractivity contribution in [3.63, 3.8) is 0 Å². The average molecular weight is 325 g/mol. The van der Waals surface area contributed by atoms with Gasteiger partial charge in [0.2, 0.25) is 5.91 Å². The Labute approximate surface area is 140 Å². The van der Waals surface area contributed by atoms with Gasteiger partial charge in [0, 0.05) is 13.0 Å². The van der Waals surface area contributed by atoms with Gasteiger partial charge in [0.25, 0.3) is 0 Å². The van der Waals surface area contributed by atoms with Gasteiger partial charge in [-0.2, -0.15) is 0 Å². The lowest BCUT2D eigenvalue weighted by Crippen LogP contribution is -2.30. The van der Waals surface area contributed by atoms with Crippen LogP contribution in [0.2, 0.25) is 0 Å². The van der Waals surface area contributed by atoms with E-state index in [0.717, 1.165) is 11.1 Å². The molecule has 2 aromatic rings. The molecule has 1 heterocycles.